The SMILES string of the molecule is NCCCCC(N)C(=O)NC(CCC(N)=O)C(=O)NC(Cc1cnc[nH]1)C(=O)NC(CC(=O)O)C(=O)O. The lowest BCUT2D eigenvalue weighted by Gasteiger charge is -2.24. The zero-order valence-corrected chi connectivity index (χ0v) is 20.1. The fourth-order valence-electron chi connectivity index (χ4n) is 3.22. The molecule has 0 bridgehead atoms. The summed E-state index contributed by atoms with van der Waals surface area (Å²) in [4.78, 5) is 78.6. The quantitative estimate of drug-likeness (QED) is 0.0853. The summed E-state index contributed by atoms with van der Waals surface area (Å²) in [5.74, 6) is -6.30. The largest absolute Gasteiger partial charge is 0.481 e. The molecule has 4 unspecified atom stereocenters. The Morgan fingerprint density at radius 2 is 1.54 bits per heavy atom. The van der Waals surface area contributed by atoms with E-state index in [1.807, 2.05) is 0 Å². The maximum absolute atomic E-state index is 13.1. The van der Waals surface area contributed by atoms with E-state index in [1.54, 1.807) is 0 Å². The molecule has 0 spiro atoms. The third-order valence-electron chi connectivity index (χ3n) is 5.22. The van der Waals surface area contributed by atoms with E-state index in [1.165, 1.54) is 12.5 Å². The predicted molar refractivity (Wildman–Crippen MR) is 127 cm³/mol. The number of carboxylic acid groups (broad SMARTS) is 2. The van der Waals surface area contributed by atoms with Crippen molar-refractivity contribution in [2.45, 2.75) is 69.1 Å². The molecule has 4 amide bonds. The Morgan fingerprint density at radius 3 is 2.08 bits per heavy atom. The molecule has 4 atom stereocenters. The van der Waals surface area contributed by atoms with Crippen LogP contribution in [0.15, 0.2) is 12.5 Å². The number of aromatic nitrogens is 2. The van der Waals surface area contributed by atoms with E-state index in [-0.39, 0.29) is 19.3 Å². The number of imidazole rings is 1. The average Bonchev–Trinajstić information content (AvgIpc) is 3.33. The molecule has 0 saturated carbocycles. The second kappa shape index (κ2) is 15.8. The molecule has 1 aromatic rings. The molecule has 206 valence electrons. The lowest BCUT2D eigenvalue weighted by molar-refractivity contribution is -0.147. The molecular weight excluding hydrogens is 492 g/mol. The fraction of sp³-hybridized carbons (Fsp3) is 0.571. The lowest BCUT2D eigenvalue weighted by Crippen LogP contribution is -2.58. The summed E-state index contributed by atoms with van der Waals surface area (Å²) in [7, 11) is 0. The first-order valence-electron chi connectivity index (χ1n) is 11.5. The number of amides is 4. The molecule has 0 aliphatic heterocycles. The van der Waals surface area contributed by atoms with Gasteiger partial charge < -0.3 is 48.3 Å². The molecule has 0 fully saturated rings. The normalized spacial score (nSPS) is 14.0. The van der Waals surface area contributed by atoms with Crippen LogP contribution in [-0.2, 0) is 35.2 Å². The topological polar surface area (TPSA) is 286 Å². The van der Waals surface area contributed by atoms with Gasteiger partial charge in [-0.25, -0.2) is 9.78 Å². The molecule has 0 aromatic carbocycles. The highest BCUT2D eigenvalue weighted by molar-refractivity contribution is 5.95. The van der Waals surface area contributed by atoms with E-state index >= 15 is 0 Å². The van der Waals surface area contributed by atoms with E-state index in [0.29, 0.717) is 31.5 Å². The van der Waals surface area contributed by atoms with Crippen LogP contribution in [0.2, 0.25) is 0 Å². The van der Waals surface area contributed by atoms with Crippen LogP contribution in [0.5, 0.6) is 0 Å². The van der Waals surface area contributed by atoms with Crippen molar-refractivity contribution in [1.29, 1.82) is 0 Å². The summed E-state index contributed by atoms with van der Waals surface area (Å²) in [6, 6.07) is -5.41. The summed E-state index contributed by atoms with van der Waals surface area (Å²) in [6.07, 6.45) is 2.68. The highest BCUT2D eigenvalue weighted by Crippen LogP contribution is 2.06. The van der Waals surface area contributed by atoms with Gasteiger partial charge in [0, 0.05) is 24.7 Å². The van der Waals surface area contributed by atoms with Crippen molar-refractivity contribution in [1.82, 2.24) is 25.9 Å². The minimum atomic E-state index is -1.76. The molecule has 16 heteroatoms. The van der Waals surface area contributed by atoms with E-state index in [9.17, 15) is 33.9 Å². The molecule has 0 saturated heterocycles. The van der Waals surface area contributed by atoms with E-state index in [0.717, 1.165) is 0 Å². The first-order chi connectivity index (χ1) is 17.4. The number of unbranched alkanes of at least 4 members (excludes halogenated alkanes) is 1. The first-order valence-corrected chi connectivity index (χ1v) is 11.5. The molecule has 16 nitrogen and oxygen atoms in total. The number of hydrogen-bond donors (Lipinski definition) is 9. The monoisotopic (exact) mass is 526 g/mol. The average molecular weight is 527 g/mol. The van der Waals surface area contributed by atoms with Crippen molar-refractivity contribution >= 4 is 35.6 Å². The van der Waals surface area contributed by atoms with Crippen LogP contribution < -0.4 is 33.2 Å². The summed E-state index contributed by atoms with van der Waals surface area (Å²) in [5, 5.41) is 25.1. The van der Waals surface area contributed by atoms with Crippen molar-refractivity contribution < 1.29 is 39.0 Å². The summed E-state index contributed by atoms with van der Waals surface area (Å²) < 4.78 is 0. The minimum Gasteiger partial charge on any atom is -0.481 e. The highest BCUT2D eigenvalue weighted by atomic mass is 16.4. The molecule has 0 radical (unpaired) electrons. The molecule has 1 heterocycles. The predicted octanol–water partition coefficient (Wildman–Crippen LogP) is -3.31. The Bertz CT molecular complexity index is 939. The minimum absolute atomic E-state index is 0.175. The zero-order chi connectivity index (χ0) is 28.0. The number of aromatic amines is 1. The third kappa shape index (κ3) is 12.0. The van der Waals surface area contributed by atoms with Crippen molar-refractivity contribution in [3.8, 4) is 0 Å². The Labute approximate surface area is 212 Å². The fourth-order valence-corrected chi connectivity index (χ4v) is 3.22. The molecule has 37 heavy (non-hydrogen) atoms. The van der Waals surface area contributed by atoms with Crippen molar-refractivity contribution in [3.05, 3.63) is 18.2 Å². The van der Waals surface area contributed by atoms with Crippen molar-refractivity contribution in [2.24, 2.45) is 17.2 Å². The maximum Gasteiger partial charge on any atom is 0.326 e. The van der Waals surface area contributed by atoms with Gasteiger partial charge in [0.05, 0.1) is 18.8 Å². The standard InChI is InChI=1S/C21H34N8O8/c22-6-2-1-3-12(23)18(33)27-13(4-5-16(24)30)19(34)28-14(7-11-9-25-10-26-11)20(35)29-15(21(36)37)8-17(31)32/h9-10,12-15H,1-8,22-23H2,(H2,24,30)(H,25,26)(H,27,33)(H,28,34)(H,29,35)(H,31,32)(H,36,37). The molecular formula is C21H34N8O8. The Balaban J connectivity index is 3.05. The van der Waals surface area contributed by atoms with Gasteiger partial charge in [-0.2, -0.15) is 0 Å². The Morgan fingerprint density at radius 1 is 0.919 bits per heavy atom. The number of carbonyl (C=O) groups is 6. The summed E-state index contributed by atoms with van der Waals surface area (Å²) in [6.45, 7) is 0.424. The molecule has 1 aromatic heterocycles. The number of nitrogens with zero attached hydrogens (tertiary/aromatic N) is 1. The summed E-state index contributed by atoms with van der Waals surface area (Å²) >= 11 is 0. The number of H-pyrrole nitrogens is 1. The van der Waals surface area contributed by atoms with E-state index in [4.69, 9.17) is 22.3 Å². The van der Waals surface area contributed by atoms with Gasteiger partial charge in [-0.15, -0.1) is 0 Å². The van der Waals surface area contributed by atoms with Crippen LogP contribution in [0.1, 0.15) is 44.2 Å². The number of nitrogens with two attached hydrogens (primary N) is 3. The van der Waals surface area contributed by atoms with Gasteiger partial charge in [0.2, 0.25) is 23.6 Å². The smallest absolute Gasteiger partial charge is 0.326 e. The summed E-state index contributed by atoms with van der Waals surface area (Å²) in [5.41, 5.74) is 16.9. The number of carboxylic acids is 2. The first kappa shape index (κ1) is 31.0. The molecule has 12 N–H and O–H groups in total. The van der Waals surface area contributed by atoms with Crippen molar-refractivity contribution in [3.63, 3.8) is 0 Å². The van der Waals surface area contributed by atoms with E-state index < -0.39 is 66.2 Å². The van der Waals surface area contributed by atoms with Gasteiger partial charge >= 0.3 is 11.9 Å². The number of rotatable bonds is 18. The number of carbonyl (C=O) groups excluding carboxylic acids is 4. The second-order valence-corrected chi connectivity index (χ2v) is 8.30. The van der Waals surface area contributed by atoms with Gasteiger partial charge in [-0.3, -0.25) is 24.0 Å². The van der Waals surface area contributed by atoms with E-state index in [2.05, 4.69) is 25.9 Å². The van der Waals surface area contributed by atoms with Crippen molar-refractivity contribution in [2.75, 3.05) is 6.54 Å². The van der Waals surface area contributed by atoms with Gasteiger partial charge in [0.15, 0.2) is 0 Å². The third-order valence-corrected chi connectivity index (χ3v) is 5.22. The lowest BCUT2D eigenvalue weighted by atomic mass is 10.1. The zero-order valence-electron chi connectivity index (χ0n) is 20.1. The van der Waals surface area contributed by atoms with Gasteiger partial charge in [0.25, 0.3) is 0 Å². The number of primary amides is 1. The number of aliphatic carboxylic acids is 2. The van der Waals surface area contributed by atoms with Gasteiger partial charge in [-0.05, 0) is 25.8 Å². The molecule has 1 rings (SSSR count). The number of nitrogens with one attached hydrogen (secondary N) is 4. The van der Waals surface area contributed by atoms with Crippen LogP contribution >= 0.6 is 0 Å². The van der Waals surface area contributed by atoms with Gasteiger partial charge in [-0.1, -0.05) is 6.42 Å². The molecule has 0 aliphatic rings. The molecule has 0 aliphatic carbocycles. The second-order valence-electron chi connectivity index (χ2n) is 8.30. The number of hydrogen-bond acceptors (Lipinski definition) is 9. The van der Waals surface area contributed by atoms with Crippen LogP contribution in [0.4, 0.5) is 0 Å². The van der Waals surface area contributed by atoms with Crippen LogP contribution in [0.25, 0.3) is 0 Å². The highest BCUT2D eigenvalue weighted by Gasteiger charge is 2.31. The Hall–Kier alpha value is -4.05. The maximum atomic E-state index is 13.1. The van der Waals surface area contributed by atoms with Crippen LogP contribution in [-0.4, -0.2) is 86.5 Å². The van der Waals surface area contributed by atoms with Gasteiger partial charge in [0.1, 0.15) is 18.1 Å². The Kier molecular flexibility index (Phi) is 13.3. The van der Waals surface area contributed by atoms with Crippen LogP contribution in [0.3, 0.4) is 0 Å². The van der Waals surface area contributed by atoms with Crippen LogP contribution in [0, 0.1) is 0 Å².